The number of nitriles is 1. The number of halogens is 2. The SMILES string of the molecule is COc1cc(/C=C(\C#N)C(=O)Nc2cc(Cl)ccc2C)ccc1OCc1ccc(F)cc1. The van der Waals surface area contributed by atoms with E-state index in [1.54, 1.807) is 48.5 Å². The molecule has 7 heteroatoms. The van der Waals surface area contributed by atoms with Crippen molar-refractivity contribution in [2.24, 2.45) is 0 Å². The summed E-state index contributed by atoms with van der Waals surface area (Å²) in [5, 5.41) is 12.7. The molecule has 1 N–H and O–H groups in total. The van der Waals surface area contributed by atoms with E-state index in [2.05, 4.69) is 5.32 Å². The van der Waals surface area contributed by atoms with Crippen molar-refractivity contribution in [3.05, 3.63) is 93.8 Å². The Morgan fingerprint density at radius 2 is 1.88 bits per heavy atom. The highest BCUT2D eigenvalue weighted by Crippen LogP contribution is 2.30. The van der Waals surface area contributed by atoms with Crippen molar-refractivity contribution in [1.29, 1.82) is 5.26 Å². The number of ether oxygens (including phenoxy) is 2. The standard InChI is InChI=1S/C25H20ClFN2O3/c1-16-3-7-20(26)13-22(16)29-25(30)19(14-28)11-18-6-10-23(24(12-18)31-2)32-15-17-4-8-21(27)9-5-17/h3-13H,15H2,1-2H3,(H,29,30)/b19-11+. The van der Waals surface area contributed by atoms with Crippen LogP contribution in [0.4, 0.5) is 10.1 Å². The third-order valence-corrected chi connectivity index (χ3v) is 4.85. The van der Waals surface area contributed by atoms with Crippen molar-refractivity contribution in [3.8, 4) is 17.6 Å². The molecule has 3 rings (SSSR count). The highest BCUT2D eigenvalue weighted by atomic mass is 35.5. The maximum atomic E-state index is 13.0. The molecule has 0 aliphatic carbocycles. The summed E-state index contributed by atoms with van der Waals surface area (Å²) in [6, 6.07) is 18.1. The zero-order valence-corrected chi connectivity index (χ0v) is 18.2. The number of amides is 1. The molecular weight excluding hydrogens is 431 g/mol. The monoisotopic (exact) mass is 450 g/mol. The Morgan fingerprint density at radius 1 is 1.12 bits per heavy atom. The van der Waals surface area contributed by atoms with Crippen LogP contribution in [0.3, 0.4) is 0 Å². The first kappa shape index (κ1) is 22.9. The number of anilines is 1. The summed E-state index contributed by atoms with van der Waals surface area (Å²) in [4.78, 5) is 12.6. The number of nitrogens with zero attached hydrogens (tertiary/aromatic N) is 1. The van der Waals surface area contributed by atoms with Gasteiger partial charge in [-0.05, 0) is 66.1 Å². The predicted octanol–water partition coefficient (Wildman–Crippen LogP) is 5.92. The molecular formula is C25H20ClFN2O3. The summed E-state index contributed by atoms with van der Waals surface area (Å²) in [5.74, 6) is 0.0505. The summed E-state index contributed by atoms with van der Waals surface area (Å²) in [7, 11) is 1.49. The number of benzene rings is 3. The quantitative estimate of drug-likeness (QED) is 0.358. The first-order valence-corrected chi connectivity index (χ1v) is 10.0. The van der Waals surface area contributed by atoms with Crippen molar-refractivity contribution in [2.45, 2.75) is 13.5 Å². The summed E-state index contributed by atoms with van der Waals surface area (Å²) >= 11 is 5.99. The highest BCUT2D eigenvalue weighted by molar-refractivity contribution is 6.31. The molecule has 0 unspecified atom stereocenters. The topological polar surface area (TPSA) is 71.3 Å². The second-order valence-corrected chi connectivity index (χ2v) is 7.35. The molecule has 0 fully saturated rings. The largest absolute Gasteiger partial charge is 0.493 e. The van der Waals surface area contributed by atoms with Crippen LogP contribution in [-0.4, -0.2) is 13.0 Å². The van der Waals surface area contributed by atoms with Gasteiger partial charge in [-0.1, -0.05) is 35.9 Å². The predicted molar refractivity (Wildman–Crippen MR) is 122 cm³/mol. The molecule has 0 aliphatic heterocycles. The first-order valence-electron chi connectivity index (χ1n) is 9.64. The van der Waals surface area contributed by atoms with E-state index in [4.69, 9.17) is 21.1 Å². The van der Waals surface area contributed by atoms with E-state index in [9.17, 15) is 14.4 Å². The Hall–Kier alpha value is -3.82. The molecule has 162 valence electrons. The number of hydrogen-bond donors (Lipinski definition) is 1. The van der Waals surface area contributed by atoms with E-state index in [0.717, 1.165) is 11.1 Å². The molecule has 0 radical (unpaired) electrons. The van der Waals surface area contributed by atoms with Crippen LogP contribution in [0.2, 0.25) is 5.02 Å². The molecule has 32 heavy (non-hydrogen) atoms. The van der Waals surface area contributed by atoms with Crippen LogP contribution in [0.1, 0.15) is 16.7 Å². The van der Waals surface area contributed by atoms with Gasteiger partial charge in [-0.15, -0.1) is 0 Å². The zero-order valence-electron chi connectivity index (χ0n) is 17.5. The second kappa shape index (κ2) is 10.5. The molecule has 5 nitrogen and oxygen atoms in total. The van der Waals surface area contributed by atoms with Gasteiger partial charge >= 0.3 is 0 Å². The van der Waals surface area contributed by atoms with Crippen LogP contribution in [0.15, 0.2) is 66.2 Å². The fraction of sp³-hybridized carbons (Fsp3) is 0.120. The molecule has 0 atom stereocenters. The lowest BCUT2D eigenvalue weighted by molar-refractivity contribution is -0.112. The summed E-state index contributed by atoms with van der Waals surface area (Å²) in [5.41, 5.74) is 2.67. The van der Waals surface area contributed by atoms with Crippen molar-refractivity contribution >= 4 is 29.3 Å². The summed E-state index contributed by atoms with van der Waals surface area (Å²) in [6.45, 7) is 2.06. The molecule has 0 spiro atoms. The van der Waals surface area contributed by atoms with Crippen LogP contribution in [-0.2, 0) is 11.4 Å². The van der Waals surface area contributed by atoms with Gasteiger partial charge in [0.2, 0.25) is 0 Å². The van der Waals surface area contributed by atoms with E-state index < -0.39 is 5.91 Å². The van der Waals surface area contributed by atoms with E-state index in [0.29, 0.717) is 27.8 Å². The third-order valence-electron chi connectivity index (χ3n) is 4.62. The maximum Gasteiger partial charge on any atom is 0.266 e. The minimum atomic E-state index is -0.548. The first-order chi connectivity index (χ1) is 15.4. The van der Waals surface area contributed by atoms with Gasteiger partial charge in [0.05, 0.1) is 7.11 Å². The number of carbonyl (C=O) groups is 1. The van der Waals surface area contributed by atoms with Gasteiger partial charge < -0.3 is 14.8 Å². The minimum absolute atomic E-state index is 0.0774. The number of methoxy groups -OCH3 is 1. The van der Waals surface area contributed by atoms with Gasteiger partial charge in [0.1, 0.15) is 24.1 Å². The van der Waals surface area contributed by atoms with Gasteiger partial charge in [0.15, 0.2) is 11.5 Å². The van der Waals surface area contributed by atoms with E-state index in [1.807, 2.05) is 13.0 Å². The molecule has 1 amide bonds. The van der Waals surface area contributed by atoms with Gasteiger partial charge in [0.25, 0.3) is 5.91 Å². The lowest BCUT2D eigenvalue weighted by Gasteiger charge is -2.12. The van der Waals surface area contributed by atoms with Crippen LogP contribution in [0.5, 0.6) is 11.5 Å². The van der Waals surface area contributed by atoms with Crippen LogP contribution >= 0.6 is 11.6 Å². The Kier molecular flexibility index (Phi) is 7.48. The number of rotatable bonds is 7. The average molecular weight is 451 g/mol. The Bertz CT molecular complexity index is 1200. The Morgan fingerprint density at radius 3 is 2.56 bits per heavy atom. The summed E-state index contributed by atoms with van der Waals surface area (Å²) in [6.07, 6.45) is 1.46. The number of hydrogen-bond acceptors (Lipinski definition) is 4. The van der Waals surface area contributed by atoms with Gasteiger partial charge in [-0.3, -0.25) is 4.79 Å². The Balaban J connectivity index is 1.76. The maximum absolute atomic E-state index is 13.0. The molecule has 0 aromatic heterocycles. The van der Waals surface area contributed by atoms with Crippen LogP contribution < -0.4 is 14.8 Å². The Labute approximate surface area is 190 Å². The van der Waals surface area contributed by atoms with Gasteiger partial charge in [-0.25, -0.2) is 4.39 Å². The van der Waals surface area contributed by atoms with Gasteiger partial charge in [0, 0.05) is 10.7 Å². The molecule has 0 aliphatic rings. The van der Waals surface area contributed by atoms with Crippen molar-refractivity contribution in [1.82, 2.24) is 0 Å². The average Bonchev–Trinajstić information content (AvgIpc) is 2.79. The molecule has 3 aromatic carbocycles. The fourth-order valence-corrected chi connectivity index (χ4v) is 3.04. The third kappa shape index (κ3) is 5.87. The van der Waals surface area contributed by atoms with E-state index >= 15 is 0 Å². The van der Waals surface area contributed by atoms with Crippen molar-refractivity contribution in [3.63, 3.8) is 0 Å². The minimum Gasteiger partial charge on any atom is -0.493 e. The molecule has 0 saturated heterocycles. The van der Waals surface area contributed by atoms with Crippen LogP contribution in [0, 0.1) is 24.1 Å². The van der Waals surface area contributed by atoms with E-state index in [1.165, 1.54) is 25.3 Å². The lowest BCUT2D eigenvalue weighted by Crippen LogP contribution is -2.14. The molecule has 3 aromatic rings. The smallest absolute Gasteiger partial charge is 0.266 e. The number of nitrogens with one attached hydrogen (secondary N) is 1. The van der Waals surface area contributed by atoms with Crippen LogP contribution in [0.25, 0.3) is 6.08 Å². The number of aryl methyl sites for hydroxylation is 1. The van der Waals surface area contributed by atoms with E-state index in [-0.39, 0.29) is 18.0 Å². The molecule has 0 bridgehead atoms. The lowest BCUT2D eigenvalue weighted by atomic mass is 10.1. The normalized spacial score (nSPS) is 10.9. The van der Waals surface area contributed by atoms with Crippen molar-refractivity contribution in [2.75, 3.05) is 12.4 Å². The van der Waals surface area contributed by atoms with Crippen molar-refractivity contribution < 1.29 is 18.7 Å². The fourth-order valence-electron chi connectivity index (χ4n) is 2.87. The highest BCUT2D eigenvalue weighted by Gasteiger charge is 2.13. The van der Waals surface area contributed by atoms with Gasteiger partial charge in [-0.2, -0.15) is 5.26 Å². The zero-order chi connectivity index (χ0) is 23.1. The second-order valence-electron chi connectivity index (χ2n) is 6.91. The molecule has 0 saturated carbocycles. The number of carbonyl (C=O) groups excluding carboxylic acids is 1. The molecule has 0 heterocycles. The summed E-state index contributed by atoms with van der Waals surface area (Å²) < 4.78 is 24.2.